The van der Waals surface area contributed by atoms with Crippen LogP contribution >= 0.6 is 0 Å². The van der Waals surface area contributed by atoms with Crippen molar-refractivity contribution in [2.45, 2.75) is 30.6 Å². The number of ether oxygens (including phenoxy) is 2. The Morgan fingerprint density at radius 3 is 3.10 bits per heavy atom. The number of rotatable bonds is 1. The molecule has 1 aliphatic carbocycles. The van der Waals surface area contributed by atoms with Crippen LogP contribution in [0.3, 0.4) is 0 Å². The lowest BCUT2D eigenvalue weighted by Crippen LogP contribution is -2.51. The van der Waals surface area contributed by atoms with Crippen molar-refractivity contribution >= 4 is 0 Å². The lowest BCUT2D eigenvalue weighted by Gasteiger charge is -2.42. The lowest BCUT2D eigenvalue weighted by atomic mass is 9.68. The molecule has 1 aromatic rings. The van der Waals surface area contributed by atoms with E-state index in [0.29, 0.717) is 6.42 Å². The Labute approximate surface area is 118 Å². The number of likely N-dealkylation sites (N-methyl/N-ethyl adjacent to an activating group) is 1. The second kappa shape index (κ2) is 3.99. The highest BCUT2D eigenvalue weighted by Crippen LogP contribution is 2.55. The molecule has 0 fully saturated rings. The van der Waals surface area contributed by atoms with E-state index < -0.39 is 6.10 Å². The standard InChI is InChI=1S/C16H19NO3/c1-17-8-10-3-4-12(19-2)15-14(10)16(9-17)6-5-11(18)7-13(16)20-15/h3-6,11,13,18H,7-9H2,1-2H3/t11-,13-,16-/m0/s1. The van der Waals surface area contributed by atoms with E-state index in [1.54, 1.807) is 7.11 Å². The molecule has 0 aromatic heterocycles. The van der Waals surface area contributed by atoms with Gasteiger partial charge in [-0.15, -0.1) is 0 Å². The molecule has 0 saturated carbocycles. The summed E-state index contributed by atoms with van der Waals surface area (Å²) < 4.78 is 11.7. The first-order valence-electron chi connectivity index (χ1n) is 7.07. The van der Waals surface area contributed by atoms with Crippen LogP contribution in [0.2, 0.25) is 0 Å². The highest BCUT2D eigenvalue weighted by Gasteiger charge is 2.54. The fourth-order valence-electron chi connectivity index (χ4n) is 3.99. The van der Waals surface area contributed by atoms with Crippen molar-refractivity contribution in [3.05, 3.63) is 35.4 Å². The minimum atomic E-state index is -0.415. The average molecular weight is 273 g/mol. The quantitative estimate of drug-likeness (QED) is 0.787. The summed E-state index contributed by atoms with van der Waals surface area (Å²) in [7, 11) is 3.81. The number of hydrogen-bond donors (Lipinski definition) is 1. The number of benzene rings is 1. The minimum Gasteiger partial charge on any atom is -0.493 e. The van der Waals surface area contributed by atoms with Gasteiger partial charge >= 0.3 is 0 Å². The van der Waals surface area contributed by atoms with E-state index in [0.717, 1.165) is 24.6 Å². The van der Waals surface area contributed by atoms with E-state index in [1.165, 1.54) is 11.1 Å². The Balaban J connectivity index is 1.96. The molecule has 0 amide bonds. The molecule has 3 aliphatic rings. The van der Waals surface area contributed by atoms with Gasteiger partial charge in [0.25, 0.3) is 0 Å². The predicted molar refractivity (Wildman–Crippen MR) is 75.2 cm³/mol. The molecule has 1 spiro atoms. The summed E-state index contributed by atoms with van der Waals surface area (Å²) in [5.74, 6) is 1.67. The molecule has 20 heavy (non-hydrogen) atoms. The van der Waals surface area contributed by atoms with Crippen LogP contribution in [0.5, 0.6) is 11.5 Å². The van der Waals surface area contributed by atoms with Crippen molar-refractivity contribution in [1.82, 2.24) is 4.90 Å². The smallest absolute Gasteiger partial charge is 0.166 e. The number of hydrogen-bond acceptors (Lipinski definition) is 4. The molecule has 2 heterocycles. The van der Waals surface area contributed by atoms with E-state index in [4.69, 9.17) is 9.47 Å². The van der Waals surface area contributed by atoms with E-state index in [-0.39, 0.29) is 11.5 Å². The van der Waals surface area contributed by atoms with Gasteiger partial charge in [-0.05, 0) is 18.7 Å². The average Bonchev–Trinajstić information content (AvgIpc) is 2.74. The molecule has 1 N–H and O–H groups in total. The maximum absolute atomic E-state index is 9.91. The van der Waals surface area contributed by atoms with Crippen LogP contribution in [0.4, 0.5) is 0 Å². The summed E-state index contributed by atoms with van der Waals surface area (Å²) >= 11 is 0. The molecule has 4 heteroatoms. The van der Waals surface area contributed by atoms with Crippen LogP contribution in [-0.4, -0.2) is 42.9 Å². The van der Waals surface area contributed by atoms with E-state index in [9.17, 15) is 5.11 Å². The first-order valence-corrected chi connectivity index (χ1v) is 7.07. The molecular formula is C16H19NO3. The zero-order valence-corrected chi connectivity index (χ0v) is 11.8. The fraction of sp³-hybridized carbons (Fsp3) is 0.500. The molecule has 0 unspecified atom stereocenters. The van der Waals surface area contributed by atoms with Gasteiger partial charge in [-0.25, -0.2) is 0 Å². The number of nitrogens with zero attached hydrogens (tertiary/aromatic N) is 1. The van der Waals surface area contributed by atoms with Crippen LogP contribution in [0.1, 0.15) is 17.5 Å². The molecule has 0 bridgehead atoms. The van der Waals surface area contributed by atoms with E-state index in [2.05, 4.69) is 24.1 Å². The molecule has 3 atom stereocenters. The van der Waals surface area contributed by atoms with Crippen molar-refractivity contribution in [1.29, 1.82) is 0 Å². The van der Waals surface area contributed by atoms with Crippen molar-refractivity contribution < 1.29 is 14.6 Å². The van der Waals surface area contributed by atoms with Crippen LogP contribution in [-0.2, 0) is 12.0 Å². The fourth-order valence-corrected chi connectivity index (χ4v) is 3.99. The van der Waals surface area contributed by atoms with Gasteiger partial charge in [0.2, 0.25) is 0 Å². The zero-order chi connectivity index (χ0) is 13.9. The van der Waals surface area contributed by atoms with E-state index >= 15 is 0 Å². The molecular weight excluding hydrogens is 254 g/mol. The van der Waals surface area contributed by atoms with Crippen LogP contribution in [0, 0.1) is 0 Å². The van der Waals surface area contributed by atoms with Gasteiger partial charge in [0.1, 0.15) is 6.10 Å². The van der Waals surface area contributed by atoms with Gasteiger partial charge in [0.05, 0.1) is 18.6 Å². The van der Waals surface area contributed by atoms with Gasteiger partial charge < -0.3 is 19.5 Å². The first kappa shape index (κ1) is 12.2. The minimum absolute atomic E-state index is 0.00435. The third kappa shape index (κ3) is 1.43. The third-order valence-electron chi connectivity index (χ3n) is 4.77. The molecule has 4 nitrogen and oxygen atoms in total. The maximum Gasteiger partial charge on any atom is 0.166 e. The second-order valence-electron chi connectivity index (χ2n) is 6.11. The monoisotopic (exact) mass is 273 g/mol. The highest BCUT2D eigenvalue weighted by atomic mass is 16.5. The summed E-state index contributed by atoms with van der Waals surface area (Å²) in [5, 5.41) is 9.91. The normalized spacial score (nSPS) is 34.4. The Morgan fingerprint density at radius 2 is 2.30 bits per heavy atom. The summed E-state index contributed by atoms with van der Waals surface area (Å²) in [5.41, 5.74) is 2.44. The summed E-state index contributed by atoms with van der Waals surface area (Å²) in [4.78, 5) is 2.32. The Bertz CT molecular complexity index is 598. The molecule has 0 radical (unpaired) electrons. The zero-order valence-electron chi connectivity index (χ0n) is 11.8. The maximum atomic E-state index is 9.91. The van der Waals surface area contributed by atoms with Crippen LogP contribution in [0.25, 0.3) is 0 Å². The van der Waals surface area contributed by atoms with Gasteiger partial charge in [-0.1, -0.05) is 18.2 Å². The van der Waals surface area contributed by atoms with Gasteiger partial charge in [0, 0.05) is 25.1 Å². The molecule has 2 aliphatic heterocycles. The number of aliphatic hydroxyl groups excluding tert-OH is 1. The molecule has 0 saturated heterocycles. The topological polar surface area (TPSA) is 41.9 Å². The molecule has 1 aromatic carbocycles. The Morgan fingerprint density at radius 1 is 1.45 bits per heavy atom. The summed E-state index contributed by atoms with van der Waals surface area (Å²) in [6.45, 7) is 1.86. The van der Waals surface area contributed by atoms with E-state index in [1.807, 2.05) is 12.1 Å². The second-order valence-corrected chi connectivity index (χ2v) is 6.11. The van der Waals surface area contributed by atoms with Crippen LogP contribution in [0.15, 0.2) is 24.3 Å². The Kier molecular flexibility index (Phi) is 2.44. The Hall–Kier alpha value is -1.52. The highest BCUT2D eigenvalue weighted by molar-refractivity contribution is 5.61. The van der Waals surface area contributed by atoms with Gasteiger partial charge in [0.15, 0.2) is 11.5 Å². The van der Waals surface area contributed by atoms with Crippen molar-refractivity contribution in [3.63, 3.8) is 0 Å². The molecule has 4 rings (SSSR count). The SMILES string of the molecule is COc1ccc2c3c1O[C@H]1C[C@@H](O)C=C[C@@]31CN(C)C2. The molecule has 106 valence electrons. The largest absolute Gasteiger partial charge is 0.493 e. The number of aliphatic hydroxyl groups is 1. The van der Waals surface area contributed by atoms with Gasteiger partial charge in [-0.3, -0.25) is 0 Å². The first-order chi connectivity index (χ1) is 9.64. The van der Waals surface area contributed by atoms with Crippen LogP contribution < -0.4 is 9.47 Å². The van der Waals surface area contributed by atoms with Gasteiger partial charge in [-0.2, -0.15) is 0 Å². The van der Waals surface area contributed by atoms with Crippen molar-refractivity contribution in [2.75, 3.05) is 20.7 Å². The summed E-state index contributed by atoms with van der Waals surface area (Å²) in [6, 6.07) is 4.12. The number of methoxy groups -OCH3 is 1. The predicted octanol–water partition coefficient (Wildman–Crippen LogP) is 1.46. The third-order valence-corrected chi connectivity index (χ3v) is 4.77. The summed E-state index contributed by atoms with van der Waals surface area (Å²) in [6.07, 6.45) is 4.28. The lowest BCUT2D eigenvalue weighted by molar-refractivity contribution is 0.0696. The van der Waals surface area contributed by atoms with Crippen molar-refractivity contribution in [3.8, 4) is 11.5 Å². The van der Waals surface area contributed by atoms with Crippen molar-refractivity contribution in [2.24, 2.45) is 0 Å².